The highest BCUT2D eigenvalue weighted by Gasteiger charge is 2.30. The molecule has 2 aromatic carbocycles. The van der Waals surface area contributed by atoms with Crippen molar-refractivity contribution < 1.29 is 22.4 Å². The van der Waals surface area contributed by atoms with Gasteiger partial charge in [0.1, 0.15) is 5.82 Å². The van der Waals surface area contributed by atoms with Crippen LogP contribution in [0.3, 0.4) is 0 Å². The van der Waals surface area contributed by atoms with Crippen molar-refractivity contribution in [1.29, 1.82) is 0 Å². The molecule has 1 saturated heterocycles. The number of carbonyl (C=O) groups excluding carboxylic acids is 1. The number of halogens is 5. The lowest BCUT2D eigenvalue weighted by atomic mass is 9.95. The smallest absolute Gasteiger partial charge is 0.326 e. The number of likely N-dealkylation sites (tertiary alicyclic amines) is 1. The molecule has 0 unspecified atom stereocenters. The standard InChI is InChI=1S/C20H19ClF4N2O/c21-17-2-1-3-18(22)16(17)12-27-10-8-13(9-11-27)19(28)26-15-6-4-14(5-7-15)20(23,24)25/h1-7,13H,8-12H2,(H,26,28). The van der Waals surface area contributed by atoms with E-state index in [1.807, 2.05) is 4.90 Å². The lowest BCUT2D eigenvalue weighted by Crippen LogP contribution is -2.38. The third-order valence-electron chi connectivity index (χ3n) is 4.88. The fourth-order valence-electron chi connectivity index (χ4n) is 3.25. The summed E-state index contributed by atoms with van der Waals surface area (Å²) in [5.74, 6) is -0.812. The van der Waals surface area contributed by atoms with Gasteiger partial charge in [0, 0.05) is 28.7 Å². The van der Waals surface area contributed by atoms with Crippen LogP contribution < -0.4 is 5.32 Å². The van der Waals surface area contributed by atoms with Crippen LogP contribution in [0.2, 0.25) is 5.02 Å². The summed E-state index contributed by atoms with van der Waals surface area (Å²) in [6.07, 6.45) is -3.24. The van der Waals surface area contributed by atoms with Crippen LogP contribution in [-0.2, 0) is 17.5 Å². The number of hydrogen-bond acceptors (Lipinski definition) is 2. The summed E-state index contributed by atoms with van der Waals surface area (Å²) >= 11 is 6.06. The van der Waals surface area contributed by atoms with Gasteiger partial charge in [0.25, 0.3) is 0 Å². The summed E-state index contributed by atoms with van der Waals surface area (Å²) in [4.78, 5) is 14.4. The first-order valence-corrected chi connectivity index (χ1v) is 9.25. The molecule has 1 aliphatic rings. The Morgan fingerprint density at radius 1 is 1.11 bits per heavy atom. The van der Waals surface area contributed by atoms with Crippen LogP contribution in [0.25, 0.3) is 0 Å². The third kappa shape index (κ3) is 5.02. The first-order chi connectivity index (χ1) is 13.2. The highest BCUT2D eigenvalue weighted by atomic mass is 35.5. The predicted molar refractivity (Wildman–Crippen MR) is 99.5 cm³/mol. The second-order valence-electron chi connectivity index (χ2n) is 6.81. The van der Waals surface area contributed by atoms with E-state index in [2.05, 4.69) is 5.32 Å². The average molecular weight is 415 g/mol. The zero-order chi connectivity index (χ0) is 20.3. The van der Waals surface area contributed by atoms with Gasteiger partial charge in [-0.2, -0.15) is 13.2 Å². The van der Waals surface area contributed by atoms with Crippen molar-refractivity contribution in [3.8, 4) is 0 Å². The lowest BCUT2D eigenvalue weighted by Gasteiger charge is -2.31. The molecule has 3 nitrogen and oxygen atoms in total. The Morgan fingerprint density at radius 2 is 1.75 bits per heavy atom. The molecular weight excluding hydrogens is 396 g/mol. The molecule has 0 atom stereocenters. The largest absolute Gasteiger partial charge is 0.416 e. The van der Waals surface area contributed by atoms with Gasteiger partial charge < -0.3 is 5.32 Å². The molecule has 1 fully saturated rings. The molecule has 2 aromatic rings. The number of rotatable bonds is 4. The first kappa shape index (κ1) is 20.6. The Balaban J connectivity index is 1.52. The zero-order valence-corrected chi connectivity index (χ0v) is 15.7. The molecule has 1 amide bonds. The molecule has 1 N–H and O–H groups in total. The number of piperidine rings is 1. The molecule has 8 heteroatoms. The number of amides is 1. The summed E-state index contributed by atoms with van der Waals surface area (Å²) in [5.41, 5.74) is 0.0148. The topological polar surface area (TPSA) is 32.3 Å². The minimum atomic E-state index is -4.41. The number of carbonyl (C=O) groups is 1. The summed E-state index contributed by atoms with van der Waals surface area (Å²) in [5, 5.41) is 3.04. The molecule has 150 valence electrons. The molecule has 0 spiro atoms. The highest BCUT2D eigenvalue weighted by molar-refractivity contribution is 6.31. The Morgan fingerprint density at radius 3 is 2.32 bits per heavy atom. The van der Waals surface area contributed by atoms with E-state index in [0.717, 1.165) is 12.1 Å². The van der Waals surface area contributed by atoms with Crippen LogP contribution in [0.4, 0.5) is 23.2 Å². The summed E-state index contributed by atoms with van der Waals surface area (Å²) in [7, 11) is 0. The summed E-state index contributed by atoms with van der Waals surface area (Å²) in [6.45, 7) is 1.59. The lowest BCUT2D eigenvalue weighted by molar-refractivity contribution is -0.137. The molecule has 0 aromatic heterocycles. The molecule has 1 heterocycles. The highest BCUT2D eigenvalue weighted by Crippen LogP contribution is 2.30. The maximum Gasteiger partial charge on any atom is 0.416 e. The van der Waals surface area contributed by atoms with Crippen LogP contribution in [0, 0.1) is 11.7 Å². The van der Waals surface area contributed by atoms with Gasteiger partial charge in [-0.25, -0.2) is 4.39 Å². The number of anilines is 1. The van der Waals surface area contributed by atoms with Crippen molar-refractivity contribution in [3.63, 3.8) is 0 Å². The van der Waals surface area contributed by atoms with Crippen LogP contribution in [-0.4, -0.2) is 23.9 Å². The molecule has 3 rings (SSSR count). The second-order valence-corrected chi connectivity index (χ2v) is 7.22. The number of benzene rings is 2. The van der Waals surface area contributed by atoms with E-state index in [-0.39, 0.29) is 17.6 Å². The molecule has 0 aliphatic carbocycles. The van der Waals surface area contributed by atoms with Crippen molar-refractivity contribution in [1.82, 2.24) is 4.90 Å². The monoisotopic (exact) mass is 414 g/mol. The van der Waals surface area contributed by atoms with Crippen molar-refractivity contribution in [2.45, 2.75) is 25.6 Å². The van der Waals surface area contributed by atoms with E-state index in [1.165, 1.54) is 18.2 Å². The molecule has 0 saturated carbocycles. The van der Waals surface area contributed by atoms with Crippen molar-refractivity contribution in [2.24, 2.45) is 5.92 Å². The van der Waals surface area contributed by atoms with Crippen LogP contribution in [0.5, 0.6) is 0 Å². The van der Waals surface area contributed by atoms with E-state index in [9.17, 15) is 22.4 Å². The minimum absolute atomic E-state index is 0.219. The van der Waals surface area contributed by atoms with Crippen LogP contribution >= 0.6 is 11.6 Å². The van der Waals surface area contributed by atoms with Crippen molar-refractivity contribution >= 4 is 23.2 Å². The summed E-state index contributed by atoms with van der Waals surface area (Å²) < 4.78 is 51.7. The molecule has 0 bridgehead atoms. The fourth-order valence-corrected chi connectivity index (χ4v) is 3.47. The zero-order valence-electron chi connectivity index (χ0n) is 14.9. The summed E-state index contributed by atoms with van der Waals surface area (Å²) in [6, 6.07) is 8.94. The minimum Gasteiger partial charge on any atom is -0.326 e. The van der Waals surface area contributed by atoms with Gasteiger partial charge in [-0.05, 0) is 62.3 Å². The SMILES string of the molecule is O=C(Nc1ccc(C(F)(F)F)cc1)C1CCN(Cc2c(F)cccc2Cl)CC1. The van der Waals surface area contributed by atoms with Gasteiger partial charge in [0.15, 0.2) is 0 Å². The van der Waals surface area contributed by atoms with E-state index in [4.69, 9.17) is 11.6 Å². The number of alkyl halides is 3. The van der Waals surface area contributed by atoms with Crippen molar-refractivity contribution in [3.05, 3.63) is 64.4 Å². The predicted octanol–water partition coefficient (Wildman–Crippen LogP) is 5.35. The maximum absolute atomic E-state index is 13.9. The van der Waals surface area contributed by atoms with Gasteiger partial charge in [0.2, 0.25) is 5.91 Å². The van der Waals surface area contributed by atoms with Gasteiger partial charge in [-0.15, -0.1) is 0 Å². The van der Waals surface area contributed by atoms with Gasteiger partial charge in [0.05, 0.1) is 5.56 Å². The van der Waals surface area contributed by atoms with Crippen LogP contribution in [0.1, 0.15) is 24.0 Å². The first-order valence-electron chi connectivity index (χ1n) is 8.87. The number of nitrogens with zero attached hydrogens (tertiary/aromatic N) is 1. The van der Waals surface area contributed by atoms with Crippen LogP contribution in [0.15, 0.2) is 42.5 Å². The maximum atomic E-state index is 13.9. The van der Waals surface area contributed by atoms with Gasteiger partial charge in [-0.3, -0.25) is 9.69 Å². The molecule has 0 radical (unpaired) electrons. The Hall–Kier alpha value is -2.12. The fraction of sp³-hybridized carbons (Fsp3) is 0.350. The third-order valence-corrected chi connectivity index (χ3v) is 5.24. The Labute approximate surface area is 165 Å². The molecular formula is C20H19ClF4N2O. The van der Waals surface area contributed by atoms with E-state index < -0.39 is 11.7 Å². The second kappa shape index (κ2) is 8.49. The van der Waals surface area contributed by atoms with Gasteiger partial charge >= 0.3 is 6.18 Å². The average Bonchev–Trinajstić information content (AvgIpc) is 2.65. The quantitative estimate of drug-likeness (QED) is 0.684. The van der Waals surface area contributed by atoms with Gasteiger partial charge in [-0.1, -0.05) is 17.7 Å². The number of hydrogen-bond donors (Lipinski definition) is 1. The number of nitrogens with one attached hydrogen (secondary N) is 1. The molecule has 1 aliphatic heterocycles. The molecule has 28 heavy (non-hydrogen) atoms. The van der Waals surface area contributed by atoms with E-state index >= 15 is 0 Å². The van der Waals surface area contributed by atoms with Crippen molar-refractivity contribution in [2.75, 3.05) is 18.4 Å². The Kier molecular flexibility index (Phi) is 6.25. The Bertz CT molecular complexity index is 811. The normalized spacial score (nSPS) is 16.2. The van der Waals surface area contributed by atoms with E-state index in [0.29, 0.717) is 48.7 Å². The van der Waals surface area contributed by atoms with E-state index in [1.54, 1.807) is 12.1 Å².